The summed E-state index contributed by atoms with van der Waals surface area (Å²) in [5.41, 5.74) is 0.772. The van der Waals surface area contributed by atoms with E-state index in [4.69, 9.17) is 4.74 Å². The van der Waals surface area contributed by atoms with E-state index < -0.39 is 23.8 Å². The number of phenolic OH excluding ortho intramolecular Hbond substituents is 1. The zero-order valence-electron chi connectivity index (χ0n) is 22.8. The van der Waals surface area contributed by atoms with E-state index in [2.05, 4.69) is 10.6 Å². The lowest BCUT2D eigenvalue weighted by atomic mass is 9.98. The molecule has 0 fully saturated rings. The highest BCUT2D eigenvalue weighted by Crippen LogP contribution is 2.26. The highest BCUT2D eigenvalue weighted by Gasteiger charge is 2.37. The molecule has 202 valence electrons. The molecule has 0 radical (unpaired) electrons. The number of nitrogens with zero attached hydrogens (tertiary/aromatic N) is 1. The normalized spacial score (nSPS) is 12.9. The molecular formula is C29H41N3O5. The number of carbonyl (C=O) groups excluding carboxylic acids is 3. The summed E-state index contributed by atoms with van der Waals surface area (Å²) in [6, 6.07) is 13.9. The average Bonchev–Trinajstić information content (AvgIpc) is 2.83. The minimum absolute atomic E-state index is 0.0604. The van der Waals surface area contributed by atoms with Gasteiger partial charge in [-0.2, -0.15) is 0 Å². The van der Waals surface area contributed by atoms with Gasteiger partial charge >= 0.3 is 6.09 Å². The molecule has 0 aliphatic heterocycles. The van der Waals surface area contributed by atoms with Crippen LogP contribution in [-0.4, -0.2) is 46.1 Å². The topological polar surface area (TPSA) is 108 Å². The van der Waals surface area contributed by atoms with Crippen molar-refractivity contribution in [3.05, 3.63) is 65.7 Å². The van der Waals surface area contributed by atoms with Crippen LogP contribution in [0.2, 0.25) is 0 Å². The fourth-order valence-corrected chi connectivity index (χ4v) is 3.83. The molecular weight excluding hydrogens is 470 g/mol. The zero-order chi connectivity index (χ0) is 27.6. The van der Waals surface area contributed by atoms with Gasteiger partial charge in [-0.25, -0.2) is 4.79 Å². The zero-order valence-corrected chi connectivity index (χ0v) is 22.8. The summed E-state index contributed by atoms with van der Waals surface area (Å²) in [7, 11) is 0. The van der Waals surface area contributed by atoms with Gasteiger partial charge in [-0.15, -0.1) is 0 Å². The number of aromatic hydroxyl groups is 1. The first-order valence-electron chi connectivity index (χ1n) is 12.8. The number of carbonyl (C=O) groups is 3. The van der Waals surface area contributed by atoms with Crippen molar-refractivity contribution in [2.24, 2.45) is 5.92 Å². The van der Waals surface area contributed by atoms with Crippen LogP contribution in [0.4, 0.5) is 4.79 Å². The first kappa shape index (κ1) is 29.7. The Bertz CT molecular complexity index is 1020. The minimum Gasteiger partial charge on any atom is -0.508 e. The van der Waals surface area contributed by atoms with E-state index in [0.29, 0.717) is 25.1 Å². The molecule has 0 bridgehead atoms. The molecule has 2 aromatic rings. The molecule has 2 aromatic carbocycles. The molecule has 0 saturated carbocycles. The Labute approximate surface area is 220 Å². The Morgan fingerprint density at radius 3 is 2.16 bits per heavy atom. The standard InChI is InChI=1S/C29H41N3O5/c1-7-8-18-32(27(35)24(20(2)3)31-28(36)37-29(4,5)6)25(22-14-16-23(33)17-15-22)26(34)30-19-21-12-10-9-11-13-21/h9-17,20,24-25,33H,7-8,18-19H2,1-6H3,(H,30,34)(H,31,36). The van der Waals surface area contributed by atoms with Crippen molar-refractivity contribution in [1.82, 2.24) is 15.5 Å². The summed E-state index contributed by atoms with van der Waals surface area (Å²) >= 11 is 0. The van der Waals surface area contributed by atoms with Crippen LogP contribution in [0.3, 0.4) is 0 Å². The molecule has 3 N–H and O–H groups in total. The van der Waals surface area contributed by atoms with Crippen molar-refractivity contribution < 1.29 is 24.2 Å². The molecule has 8 heteroatoms. The second-order valence-corrected chi connectivity index (χ2v) is 10.5. The summed E-state index contributed by atoms with van der Waals surface area (Å²) in [4.78, 5) is 41.7. The summed E-state index contributed by atoms with van der Waals surface area (Å²) < 4.78 is 5.39. The molecule has 3 amide bonds. The van der Waals surface area contributed by atoms with E-state index in [9.17, 15) is 19.5 Å². The van der Waals surface area contributed by atoms with Gasteiger partial charge in [0.25, 0.3) is 0 Å². The van der Waals surface area contributed by atoms with Crippen molar-refractivity contribution in [1.29, 1.82) is 0 Å². The number of benzene rings is 2. The van der Waals surface area contributed by atoms with Crippen LogP contribution in [0.5, 0.6) is 5.75 Å². The van der Waals surface area contributed by atoms with Gasteiger partial charge in [-0.05, 0) is 56.4 Å². The number of amides is 3. The first-order chi connectivity index (χ1) is 17.4. The third-order valence-electron chi connectivity index (χ3n) is 5.72. The Morgan fingerprint density at radius 2 is 1.62 bits per heavy atom. The van der Waals surface area contributed by atoms with Crippen LogP contribution >= 0.6 is 0 Å². The van der Waals surface area contributed by atoms with Crippen molar-refractivity contribution in [2.75, 3.05) is 6.54 Å². The van der Waals surface area contributed by atoms with Gasteiger partial charge in [-0.3, -0.25) is 9.59 Å². The van der Waals surface area contributed by atoms with E-state index in [1.165, 1.54) is 17.0 Å². The number of unbranched alkanes of at least 4 members (excludes halogenated alkanes) is 1. The number of hydrogen-bond donors (Lipinski definition) is 3. The molecule has 0 aliphatic carbocycles. The molecule has 2 unspecified atom stereocenters. The lowest BCUT2D eigenvalue weighted by Crippen LogP contribution is -2.55. The van der Waals surface area contributed by atoms with Gasteiger partial charge in [-0.1, -0.05) is 69.7 Å². The molecule has 0 saturated heterocycles. The molecule has 2 rings (SSSR count). The minimum atomic E-state index is -0.954. The van der Waals surface area contributed by atoms with Gasteiger partial charge in [0.2, 0.25) is 11.8 Å². The predicted octanol–water partition coefficient (Wildman–Crippen LogP) is 4.93. The Balaban J connectivity index is 2.42. The van der Waals surface area contributed by atoms with E-state index >= 15 is 0 Å². The number of nitrogens with one attached hydrogen (secondary N) is 2. The highest BCUT2D eigenvalue weighted by molar-refractivity contribution is 5.92. The first-order valence-corrected chi connectivity index (χ1v) is 12.8. The summed E-state index contributed by atoms with van der Waals surface area (Å²) in [5.74, 6) is -0.914. The molecule has 37 heavy (non-hydrogen) atoms. The average molecular weight is 512 g/mol. The predicted molar refractivity (Wildman–Crippen MR) is 144 cm³/mol. The Hall–Kier alpha value is -3.55. The van der Waals surface area contributed by atoms with Gasteiger partial charge in [0.1, 0.15) is 23.4 Å². The van der Waals surface area contributed by atoms with Crippen molar-refractivity contribution >= 4 is 17.9 Å². The van der Waals surface area contributed by atoms with Gasteiger partial charge in [0, 0.05) is 13.1 Å². The summed E-state index contributed by atoms with van der Waals surface area (Å²) in [6.45, 7) is 11.6. The molecule has 0 aromatic heterocycles. The monoisotopic (exact) mass is 511 g/mol. The third kappa shape index (κ3) is 9.44. The van der Waals surface area contributed by atoms with E-state index in [-0.39, 0.29) is 23.5 Å². The SMILES string of the molecule is CCCCN(C(=O)C(NC(=O)OC(C)(C)C)C(C)C)C(C(=O)NCc1ccccc1)c1ccc(O)cc1. The molecule has 8 nitrogen and oxygen atoms in total. The van der Waals surface area contributed by atoms with E-state index in [1.807, 2.05) is 51.1 Å². The van der Waals surface area contributed by atoms with Gasteiger partial charge in [0.05, 0.1) is 0 Å². The third-order valence-corrected chi connectivity index (χ3v) is 5.72. The quantitative estimate of drug-likeness (QED) is 0.397. The van der Waals surface area contributed by atoms with E-state index in [1.54, 1.807) is 32.9 Å². The van der Waals surface area contributed by atoms with Gasteiger partial charge < -0.3 is 25.4 Å². The molecule has 0 heterocycles. The summed E-state index contributed by atoms with van der Waals surface area (Å²) in [6.07, 6.45) is 0.789. The fraction of sp³-hybridized carbons (Fsp3) is 0.483. The molecule has 2 atom stereocenters. The second kappa shape index (κ2) is 13.7. The number of rotatable bonds is 11. The molecule has 0 aliphatic rings. The van der Waals surface area contributed by atoms with Crippen molar-refractivity contribution in [2.45, 2.75) is 78.6 Å². The number of ether oxygens (including phenoxy) is 1. The maximum atomic E-state index is 14.0. The van der Waals surface area contributed by atoms with Crippen LogP contribution in [0.15, 0.2) is 54.6 Å². The molecule has 0 spiro atoms. The largest absolute Gasteiger partial charge is 0.508 e. The number of hydrogen-bond acceptors (Lipinski definition) is 5. The van der Waals surface area contributed by atoms with Crippen molar-refractivity contribution in [3.63, 3.8) is 0 Å². The Kier molecular flexibility index (Phi) is 11.0. The number of alkyl carbamates (subject to hydrolysis) is 1. The van der Waals surface area contributed by atoms with Crippen LogP contribution in [-0.2, 0) is 20.9 Å². The van der Waals surface area contributed by atoms with Gasteiger partial charge in [0.15, 0.2) is 0 Å². The lowest BCUT2D eigenvalue weighted by Gasteiger charge is -2.35. The van der Waals surface area contributed by atoms with E-state index in [0.717, 1.165) is 12.0 Å². The summed E-state index contributed by atoms with van der Waals surface area (Å²) in [5, 5.41) is 15.5. The smallest absolute Gasteiger partial charge is 0.408 e. The number of phenols is 1. The maximum absolute atomic E-state index is 14.0. The van der Waals surface area contributed by atoms with Crippen LogP contribution < -0.4 is 10.6 Å². The fourth-order valence-electron chi connectivity index (χ4n) is 3.83. The Morgan fingerprint density at radius 1 is 1.00 bits per heavy atom. The van der Waals surface area contributed by atoms with Crippen LogP contribution in [0.1, 0.15) is 71.6 Å². The van der Waals surface area contributed by atoms with Crippen LogP contribution in [0, 0.1) is 5.92 Å². The second-order valence-electron chi connectivity index (χ2n) is 10.5. The lowest BCUT2D eigenvalue weighted by molar-refractivity contribution is -0.143. The highest BCUT2D eigenvalue weighted by atomic mass is 16.6. The van der Waals surface area contributed by atoms with Crippen molar-refractivity contribution in [3.8, 4) is 5.75 Å². The maximum Gasteiger partial charge on any atom is 0.408 e. The van der Waals surface area contributed by atoms with Crippen LogP contribution in [0.25, 0.3) is 0 Å².